The SMILES string of the molecule is O=C(CCCc1cccc(F)c1F)C1CC1. The third kappa shape index (κ3) is 2.65. The van der Waals surface area contributed by atoms with E-state index in [0.29, 0.717) is 24.8 Å². The standard InChI is InChI=1S/C13H14F2O/c14-11-5-1-3-10(13(11)15)4-2-6-12(16)9-7-8-9/h1,3,5,9H,2,4,6-8H2. The second kappa shape index (κ2) is 4.73. The average Bonchev–Trinajstić information content (AvgIpc) is 3.07. The van der Waals surface area contributed by atoms with Gasteiger partial charge in [0.15, 0.2) is 11.6 Å². The van der Waals surface area contributed by atoms with E-state index >= 15 is 0 Å². The molecule has 0 amide bonds. The van der Waals surface area contributed by atoms with Crippen LogP contribution in [0.15, 0.2) is 18.2 Å². The summed E-state index contributed by atoms with van der Waals surface area (Å²) >= 11 is 0. The summed E-state index contributed by atoms with van der Waals surface area (Å²) in [7, 11) is 0. The van der Waals surface area contributed by atoms with Gasteiger partial charge in [-0.25, -0.2) is 8.78 Å². The average molecular weight is 224 g/mol. The molecule has 0 spiro atoms. The highest BCUT2D eigenvalue weighted by Gasteiger charge is 2.28. The van der Waals surface area contributed by atoms with Crippen molar-refractivity contribution < 1.29 is 13.6 Å². The molecule has 1 aliphatic carbocycles. The minimum absolute atomic E-state index is 0.261. The zero-order chi connectivity index (χ0) is 11.5. The minimum Gasteiger partial charge on any atom is -0.299 e. The van der Waals surface area contributed by atoms with Crippen molar-refractivity contribution in [2.75, 3.05) is 0 Å². The number of benzene rings is 1. The van der Waals surface area contributed by atoms with Crippen LogP contribution in [0.25, 0.3) is 0 Å². The maximum absolute atomic E-state index is 13.2. The molecule has 0 aliphatic heterocycles. The molecular weight excluding hydrogens is 210 g/mol. The first-order chi connectivity index (χ1) is 7.68. The molecule has 0 bridgehead atoms. The van der Waals surface area contributed by atoms with Crippen LogP contribution in [0.3, 0.4) is 0 Å². The van der Waals surface area contributed by atoms with Crippen LogP contribution in [-0.4, -0.2) is 5.78 Å². The first kappa shape index (κ1) is 11.2. The molecule has 1 aromatic carbocycles. The number of carbonyl (C=O) groups excluding carboxylic acids is 1. The quantitative estimate of drug-likeness (QED) is 0.750. The van der Waals surface area contributed by atoms with Crippen molar-refractivity contribution in [3.63, 3.8) is 0 Å². The van der Waals surface area contributed by atoms with Gasteiger partial charge < -0.3 is 0 Å². The molecule has 0 heterocycles. The lowest BCUT2D eigenvalue weighted by atomic mass is 10.0. The molecule has 0 atom stereocenters. The van der Waals surface area contributed by atoms with Gasteiger partial charge in [0.2, 0.25) is 0 Å². The molecule has 16 heavy (non-hydrogen) atoms. The summed E-state index contributed by atoms with van der Waals surface area (Å²) < 4.78 is 26.1. The lowest BCUT2D eigenvalue weighted by Crippen LogP contribution is -2.02. The number of carbonyl (C=O) groups is 1. The van der Waals surface area contributed by atoms with Crippen LogP contribution in [0.4, 0.5) is 8.78 Å². The molecule has 2 rings (SSSR count). The second-order valence-electron chi connectivity index (χ2n) is 4.31. The van der Waals surface area contributed by atoms with Crippen LogP contribution >= 0.6 is 0 Å². The third-order valence-electron chi connectivity index (χ3n) is 2.93. The van der Waals surface area contributed by atoms with Crippen molar-refractivity contribution in [1.82, 2.24) is 0 Å². The first-order valence-corrected chi connectivity index (χ1v) is 5.64. The van der Waals surface area contributed by atoms with E-state index in [0.717, 1.165) is 18.9 Å². The third-order valence-corrected chi connectivity index (χ3v) is 2.93. The van der Waals surface area contributed by atoms with Gasteiger partial charge in [-0.1, -0.05) is 12.1 Å². The summed E-state index contributed by atoms with van der Waals surface area (Å²) in [5, 5.41) is 0. The number of hydrogen-bond acceptors (Lipinski definition) is 1. The normalized spacial score (nSPS) is 15.1. The zero-order valence-corrected chi connectivity index (χ0v) is 9.01. The van der Waals surface area contributed by atoms with Crippen LogP contribution in [0.1, 0.15) is 31.2 Å². The van der Waals surface area contributed by atoms with Gasteiger partial charge in [-0.15, -0.1) is 0 Å². The van der Waals surface area contributed by atoms with Crippen LogP contribution in [-0.2, 0) is 11.2 Å². The van der Waals surface area contributed by atoms with Gasteiger partial charge in [0, 0.05) is 12.3 Å². The smallest absolute Gasteiger partial charge is 0.162 e. The molecule has 1 fully saturated rings. The predicted octanol–water partition coefficient (Wildman–Crippen LogP) is 3.27. The summed E-state index contributed by atoms with van der Waals surface area (Å²) in [6.07, 6.45) is 3.54. The number of halogens is 2. The lowest BCUT2D eigenvalue weighted by molar-refractivity contribution is -0.120. The molecule has 0 N–H and O–H groups in total. The van der Waals surface area contributed by atoms with Crippen molar-refractivity contribution in [3.05, 3.63) is 35.4 Å². The Morgan fingerprint density at radius 1 is 1.31 bits per heavy atom. The Hall–Kier alpha value is -1.25. The highest BCUT2D eigenvalue weighted by atomic mass is 19.2. The predicted molar refractivity (Wildman–Crippen MR) is 57.0 cm³/mol. The van der Waals surface area contributed by atoms with E-state index in [1.807, 2.05) is 0 Å². The van der Waals surface area contributed by atoms with Gasteiger partial charge in [0.25, 0.3) is 0 Å². The number of aryl methyl sites for hydroxylation is 1. The fourth-order valence-corrected chi connectivity index (χ4v) is 1.80. The summed E-state index contributed by atoms with van der Waals surface area (Å²) in [5.41, 5.74) is 0.364. The molecule has 0 saturated heterocycles. The number of Topliss-reactive ketones (excluding diaryl/α,β-unsaturated/α-hetero) is 1. The summed E-state index contributed by atoms with van der Waals surface area (Å²) in [6, 6.07) is 4.17. The highest BCUT2D eigenvalue weighted by Crippen LogP contribution is 2.31. The largest absolute Gasteiger partial charge is 0.299 e. The van der Waals surface area contributed by atoms with E-state index in [1.54, 1.807) is 6.07 Å². The van der Waals surface area contributed by atoms with Crippen LogP contribution in [0.2, 0.25) is 0 Å². The van der Waals surface area contributed by atoms with E-state index in [2.05, 4.69) is 0 Å². The van der Waals surface area contributed by atoms with E-state index < -0.39 is 11.6 Å². The molecule has 1 aromatic rings. The Labute approximate surface area is 93.5 Å². The van der Waals surface area contributed by atoms with Gasteiger partial charge in [-0.05, 0) is 37.3 Å². The second-order valence-corrected chi connectivity index (χ2v) is 4.31. The van der Waals surface area contributed by atoms with Crippen molar-refractivity contribution in [3.8, 4) is 0 Å². The monoisotopic (exact) mass is 224 g/mol. The van der Waals surface area contributed by atoms with Crippen molar-refractivity contribution in [1.29, 1.82) is 0 Å². The maximum Gasteiger partial charge on any atom is 0.162 e. The van der Waals surface area contributed by atoms with Crippen molar-refractivity contribution in [2.24, 2.45) is 5.92 Å². The molecule has 86 valence electrons. The van der Waals surface area contributed by atoms with Gasteiger partial charge in [0.05, 0.1) is 0 Å². The summed E-state index contributed by atoms with van der Waals surface area (Å²) in [6.45, 7) is 0. The van der Waals surface area contributed by atoms with Gasteiger partial charge >= 0.3 is 0 Å². The molecule has 3 heteroatoms. The van der Waals surface area contributed by atoms with E-state index in [9.17, 15) is 13.6 Å². The minimum atomic E-state index is -0.814. The van der Waals surface area contributed by atoms with Crippen LogP contribution < -0.4 is 0 Å². The first-order valence-electron chi connectivity index (χ1n) is 5.64. The Morgan fingerprint density at radius 3 is 2.75 bits per heavy atom. The number of rotatable bonds is 5. The van der Waals surface area contributed by atoms with Crippen molar-refractivity contribution in [2.45, 2.75) is 32.1 Å². The highest BCUT2D eigenvalue weighted by molar-refractivity contribution is 5.83. The topological polar surface area (TPSA) is 17.1 Å². The molecular formula is C13H14F2O. The van der Waals surface area contributed by atoms with Gasteiger partial charge in [0.1, 0.15) is 5.78 Å². The molecule has 1 saturated carbocycles. The lowest BCUT2D eigenvalue weighted by Gasteiger charge is -2.03. The molecule has 0 radical (unpaired) electrons. The Kier molecular flexibility index (Phi) is 3.32. The number of ketones is 1. The molecule has 0 aromatic heterocycles. The Bertz CT molecular complexity index is 397. The summed E-state index contributed by atoms with van der Waals surface area (Å²) in [4.78, 5) is 11.4. The van der Waals surface area contributed by atoms with Crippen LogP contribution in [0, 0.1) is 17.6 Å². The molecule has 1 aliphatic rings. The van der Waals surface area contributed by atoms with E-state index in [1.165, 1.54) is 6.07 Å². The van der Waals surface area contributed by atoms with E-state index in [-0.39, 0.29) is 11.7 Å². The van der Waals surface area contributed by atoms with Gasteiger partial charge in [-0.2, -0.15) is 0 Å². The fourth-order valence-electron chi connectivity index (χ4n) is 1.80. The Morgan fingerprint density at radius 2 is 2.06 bits per heavy atom. The fraction of sp³-hybridized carbons (Fsp3) is 0.462. The van der Waals surface area contributed by atoms with E-state index in [4.69, 9.17) is 0 Å². The summed E-state index contributed by atoms with van der Waals surface area (Å²) in [5.74, 6) is -1.05. The number of hydrogen-bond donors (Lipinski definition) is 0. The van der Waals surface area contributed by atoms with Crippen LogP contribution in [0.5, 0.6) is 0 Å². The molecule has 0 unspecified atom stereocenters. The molecule has 1 nitrogen and oxygen atoms in total. The maximum atomic E-state index is 13.2. The van der Waals surface area contributed by atoms with Crippen molar-refractivity contribution >= 4 is 5.78 Å². The zero-order valence-electron chi connectivity index (χ0n) is 9.01. The Balaban J connectivity index is 1.84. The van der Waals surface area contributed by atoms with Gasteiger partial charge in [-0.3, -0.25) is 4.79 Å².